The largest absolute Gasteiger partial charge is 0.342 e. The first-order valence-corrected chi connectivity index (χ1v) is 10.4. The summed E-state index contributed by atoms with van der Waals surface area (Å²) in [5.74, 6) is 2.26. The highest BCUT2D eigenvalue weighted by molar-refractivity contribution is 5.79. The Bertz CT molecular complexity index is 603. The molecule has 3 aliphatic rings. The minimum Gasteiger partial charge on any atom is -0.342 e. The van der Waals surface area contributed by atoms with Crippen molar-refractivity contribution >= 4 is 5.91 Å². The van der Waals surface area contributed by atoms with Gasteiger partial charge >= 0.3 is 0 Å². The van der Waals surface area contributed by atoms with E-state index in [-0.39, 0.29) is 5.92 Å². The molecule has 0 N–H and O–H groups in total. The number of hydrogen-bond donors (Lipinski definition) is 0. The highest BCUT2D eigenvalue weighted by Gasteiger charge is 2.35. The number of aromatic nitrogens is 2. The Kier molecular flexibility index (Phi) is 5.60. The number of carbonyl (C=O) groups excluding carboxylic acids is 1. The minimum atomic E-state index is 0.162. The molecule has 26 heavy (non-hydrogen) atoms. The van der Waals surface area contributed by atoms with Gasteiger partial charge in [0.15, 0.2) is 0 Å². The van der Waals surface area contributed by atoms with Crippen LogP contribution in [0.25, 0.3) is 0 Å². The second kappa shape index (κ2) is 8.09. The molecule has 0 bridgehead atoms. The van der Waals surface area contributed by atoms with Gasteiger partial charge in [-0.25, -0.2) is 4.98 Å². The van der Waals surface area contributed by atoms with E-state index in [1.807, 2.05) is 12.4 Å². The van der Waals surface area contributed by atoms with E-state index in [1.54, 1.807) is 0 Å². The van der Waals surface area contributed by atoms with Gasteiger partial charge in [-0.3, -0.25) is 9.69 Å². The number of piperidine rings is 1. The molecule has 144 valence electrons. The van der Waals surface area contributed by atoms with Gasteiger partial charge in [-0.15, -0.1) is 0 Å². The highest BCUT2D eigenvalue weighted by atomic mass is 16.2. The molecule has 0 saturated carbocycles. The fourth-order valence-electron chi connectivity index (χ4n) is 5.02. The number of nitrogens with zero attached hydrogens (tertiary/aromatic N) is 5. The van der Waals surface area contributed by atoms with Crippen molar-refractivity contribution in [2.75, 3.05) is 45.8 Å². The smallest absolute Gasteiger partial charge is 0.226 e. The first-order valence-electron chi connectivity index (χ1n) is 10.4. The molecule has 2 atom stereocenters. The number of carbonyl (C=O) groups is 1. The van der Waals surface area contributed by atoms with E-state index in [4.69, 9.17) is 0 Å². The van der Waals surface area contributed by atoms with Crippen molar-refractivity contribution < 1.29 is 4.79 Å². The molecule has 1 aromatic heterocycles. The van der Waals surface area contributed by atoms with Crippen molar-refractivity contribution in [1.82, 2.24) is 24.3 Å². The van der Waals surface area contributed by atoms with Crippen LogP contribution in [0.1, 0.15) is 37.9 Å². The third-order valence-corrected chi connectivity index (χ3v) is 6.38. The molecule has 3 saturated heterocycles. The Morgan fingerprint density at radius 1 is 1.08 bits per heavy atom. The van der Waals surface area contributed by atoms with Crippen LogP contribution in [-0.2, 0) is 18.4 Å². The molecule has 6 heteroatoms. The average Bonchev–Trinajstić information content (AvgIpc) is 3.38. The lowest BCUT2D eigenvalue weighted by Gasteiger charge is -2.39. The van der Waals surface area contributed by atoms with Crippen LogP contribution < -0.4 is 0 Å². The number of imidazole rings is 1. The third-order valence-electron chi connectivity index (χ3n) is 6.38. The molecule has 6 nitrogen and oxygen atoms in total. The minimum absolute atomic E-state index is 0.162. The molecule has 0 aromatic carbocycles. The van der Waals surface area contributed by atoms with Crippen LogP contribution in [-0.4, -0.2) is 76.0 Å². The molecular weight excluding hydrogens is 326 g/mol. The summed E-state index contributed by atoms with van der Waals surface area (Å²) in [6.07, 6.45) is 9.95. The maximum Gasteiger partial charge on any atom is 0.226 e. The van der Waals surface area contributed by atoms with Crippen molar-refractivity contribution in [3.05, 3.63) is 18.2 Å². The lowest BCUT2D eigenvalue weighted by Crippen LogP contribution is -2.49. The predicted octanol–water partition coefficient (Wildman–Crippen LogP) is 1.58. The van der Waals surface area contributed by atoms with Crippen molar-refractivity contribution in [2.24, 2.45) is 18.9 Å². The average molecular weight is 360 g/mol. The Morgan fingerprint density at radius 2 is 1.81 bits per heavy atom. The van der Waals surface area contributed by atoms with E-state index in [1.165, 1.54) is 38.8 Å². The molecule has 0 aliphatic carbocycles. The van der Waals surface area contributed by atoms with Gasteiger partial charge in [0.05, 0.1) is 12.5 Å². The van der Waals surface area contributed by atoms with Gasteiger partial charge in [-0.2, -0.15) is 0 Å². The SMILES string of the molecule is Cn1ccnc1CN1C[C@@H](CN2CCCC2)C[C@@H](C(=O)N2CCCC2)C1. The molecule has 3 aliphatic heterocycles. The topological polar surface area (TPSA) is 44.6 Å². The Labute approximate surface area is 157 Å². The van der Waals surface area contributed by atoms with Gasteiger partial charge in [-0.1, -0.05) is 0 Å². The zero-order chi connectivity index (χ0) is 17.9. The lowest BCUT2D eigenvalue weighted by atomic mass is 9.87. The van der Waals surface area contributed by atoms with E-state index in [0.29, 0.717) is 11.8 Å². The molecule has 0 radical (unpaired) electrons. The van der Waals surface area contributed by atoms with E-state index >= 15 is 0 Å². The second-order valence-electron chi connectivity index (χ2n) is 8.49. The number of amides is 1. The zero-order valence-corrected chi connectivity index (χ0v) is 16.1. The summed E-state index contributed by atoms with van der Waals surface area (Å²) in [6.45, 7) is 8.38. The van der Waals surface area contributed by atoms with Crippen LogP contribution >= 0.6 is 0 Å². The predicted molar refractivity (Wildman–Crippen MR) is 102 cm³/mol. The molecule has 1 amide bonds. The highest BCUT2D eigenvalue weighted by Crippen LogP contribution is 2.27. The lowest BCUT2D eigenvalue weighted by molar-refractivity contribution is -0.137. The van der Waals surface area contributed by atoms with Crippen LogP contribution in [0.15, 0.2) is 12.4 Å². The third kappa shape index (κ3) is 4.12. The van der Waals surface area contributed by atoms with Crippen molar-refractivity contribution in [3.63, 3.8) is 0 Å². The Morgan fingerprint density at radius 3 is 2.50 bits per heavy atom. The molecular formula is C20H33N5O. The quantitative estimate of drug-likeness (QED) is 0.801. The number of likely N-dealkylation sites (tertiary alicyclic amines) is 3. The van der Waals surface area contributed by atoms with Gasteiger partial charge in [0.1, 0.15) is 5.82 Å². The monoisotopic (exact) mass is 359 g/mol. The summed E-state index contributed by atoms with van der Waals surface area (Å²) < 4.78 is 2.10. The summed E-state index contributed by atoms with van der Waals surface area (Å²) in [4.78, 5) is 24.8. The summed E-state index contributed by atoms with van der Waals surface area (Å²) in [6, 6.07) is 0. The Hall–Kier alpha value is -1.40. The van der Waals surface area contributed by atoms with Crippen LogP contribution in [0.2, 0.25) is 0 Å². The number of rotatable bonds is 5. The zero-order valence-electron chi connectivity index (χ0n) is 16.1. The van der Waals surface area contributed by atoms with Crippen LogP contribution in [0.4, 0.5) is 0 Å². The fourth-order valence-corrected chi connectivity index (χ4v) is 5.02. The number of aryl methyl sites for hydroxylation is 1. The van der Waals surface area contributed by atoms with Gasteiger partial charge in [0.2, 0.25) is 5.91 Å². The van der Waals surface area contributed by atoms with E-state index in [0.717, 1.165) is 51.5 Å². The van der Waals surface area contributed by atoms with Crippen molar-refractivity contribution in [3.8, 4) is 0 Å². The van der Waals surface area contributed by atoms with Crippen molar-refractivity contribution in [2.45, 2.75) is 38.6 Å². The molecule has 4 rings (SSSR count). The number of hydrogen-bond acceptors (Lipinski definition) is 4. The Balaban J connectivity index is 1.44. The molecule has 0 unspecified atom stereocenters. The van der Waals surface area contributed by atoms with Gasteiger partial charge in [0, 0.05) is 52.2 Å². The maximum absolute atomic E-state index is 13.1. The first kappa shape index (κ1) is 18.0. The molecule has 3 fully saturated rings. The van der Waals surface area contributed by atoms with Gasteiger partial charge in [0.25, 0.3) is 0 Å². The summed E-state index contributed by atoms with van der Waals surface area (Å²) >= 11 is 0. The summed E-state index contributed by atoms with van der Waals surface area (Å²) in [7, 11) is 2.06. The summed E-state index contributed by atoms with van der Waals surface area (Å²) in [5.41, 5.74) is 0. The van der Waals surface area contributed by atoms with Gasteiger partial charge in [-0.05, 0) is 51.1 Å². The van der Waals surface area contributed by atoms with Crippen LogP contribution in [0, 0.1) is 11.8 Å². The van der Waals surface area contributed by atoms with E-state index in [9.17, 15) is 4.79 Å². The molecule has 1 aromatic rings. The van der Waals surface area contributed by atoms with Crippen molar-refractivity contribution in [1.29, 1.82) is 0 Å². The van der Waals surface area contributed by atoms with Gasteiger partial charge < -0.3 is 14.4 Å². The van der Waals surface area contributed by atoms with Crippen LogP contribution in [0.3, 0.4) is 0 Å². The normalized spacial score (nSPS) is 28.1. The maximum atomic E-state index is 13.1. The van der Waals surface area contributed by atoms with Crippen LogP contribution in [0.5, 0.6) is 0 Å². The molecule has 0 spiro atoms. The summed E-state index contributed by atoms with van der Waals surface area (Å²) in [5, 5.41) is 0. The second-order valence-corrected chi connectivity index (χ2v) is 8.49. The molecule has 4 heterocycles. The van der Waals surface area contributed by atoms with E-state index < -0.39 is 0 Å². The first-order chi connectivity index (χ1) is 12.7. The van der Waals surface area contributed by atoms with E-state index in [2.05, 4.69) is 31.3 Å². The standard InChI is InChI=1S/C20H33N5O/c1-22-11-6-21-19(22)16-24-14-17(13-23-7-2-3-8-23)12-18(15-24)20(26)25-9-4-5-10-25/h6,11,17-18H,2-5,7-10,12-16H2,1H3/t17-,18-/m1/s1. The fraction of sp³-hybridized carbons (Fsp3) is 0.800.